The number of carbonyl (C=O) groups is 1. The van der Waals surface area contributed by atoms with Gasteiger partial charge in [0.15, 0.2) is 0 Å². The Hall–Kier alpha value is -1.51. The van der Waals surface area contributed by atoms with E-state index >= 15 is 0 Å². The molecule has 0 bridgehead atoms. The molecular weight excluding hydrogens is 238 g/mol. The topological polar surface area (TPSA) is 38.3 Å². The summed E-state index contributed by atoms with van der Waals surface area (Å²) < 4.78 is 5.70. The van der Waals surface area contributed by atoms with Crippen LogP contribution in [0.5, 0.6) is 5.75 Å². The maximum absolute atomic E-state index is 11.6. The van der Waals surface area contributed by atoms with Crippen molar-refractivity contribution in [3.05, 3.63) is 29.3 Å². The number of nitrogens with one attached hydrogen (secondary N) is 1. The average molecular weight is 261 g/mol. The third kappa shape index (κ3) is 3.09. The summed E-state index contributed by atoms with van der Waals surface area (Å²) in [5.41, 5.74) is 2.59. The summed E-state index contributed by atoms with van der Waals surface area (Å²) in [5.74, 6) is 1.30. The summed E-state index contributed by atoms with van der Waals surface area (Å²) in [6, 6.07) is 6.38. The molecule has 19 heavy (non-hydrogen) atoms. The number of ether oxygens (including phenoxy) is 1. The maximum atomic E-state index is 11.6. The van der Waals surface area contributed by atoms with Crippen LogP contribution in [0.15, 0.2) is 18.2 Å². The second kappa shape index (κ2) is 5.24. The molecule has 0 saturated carbocycles. The molecule has 1 unspecified atom stereocenters. The molecule has 2 rings (SSSR count). The van der Waals surface area contributed by atoms with Crippen LogP contribution >= 0.6 is 0 Å². The lowest BCUT2D eigenvalue weighted by Crippen LogP contribution is -2.24. The van der Waals surface area contributed by atoms with Crippen molar-refractivity contribution in [2.24, 2.45) is 0 Å². The van der Waals surface area contributed by atoms with Crippen LogP contribution < -0.4 is 10.1 Å². The Morgan fingerprint density at radius 3 is 2.79 bits per heavy atom. The lowest BCUT2D eigenvalue weighted by atomic mass is 9.82. The molecule has 1 aromatic rings. The summed E-state index contributed by atoms with van der Waals surface area (Å²) in [6.45, 7) is 7.30. The van der Waals surface area contributed by atoms with Crippen molar-refractivity contribution in [3.8, 4) is 5.75 Å². The fourth-order valence-electron chi connectivity index (χ4n) is 2.47. The summed E-state index contributed by atoms with van der Waals surface area (Å²) in [7, 11) is 1.69. The van der Waals surface area contributed by atoms with E-state index in [4.69, 9.17) is 4.74 Å². The molecule has 0 aliphatic carbocycles. The molecule has 0 saturated heterocycles. The Balaban J connectivity index is 2.33. The molecule has 0 spiro atoms. The van der Waals surface area contributed by atoms with E-state index in [9.17, 15) is 4.79 Å². The Bertz CT molecular complexity index is 474. The van der Waals surface area contributed by atoms with Gasteiger partial charge < -0.3 is 10.1 Å². The minimum absolute atomic E-state index is 0.0963. The first kappa shape index (κ1) is 13.9. The van der Waals surface area contributed by atoms with E-state index in [1.54, 1.807) is 7.05 Å². The van der Waals surface area contributed by atoms with Gasteiger partial charge in [-0.25, -0.2) is 0 Å². The molecule has 0 fully saturated rings. The van der Waals surface area contributed by atoms with E-state index in [0.29, 0.717) is 13.0 Å². The number of rotatable bonds is 2. The highest BCUT2D eigenvalue weighted by atomic mass is 16.5. The van der Waals surface area contributed by atoms with Gasteiger partial charge in [0.2, 0.25) is 5.91 Å². The van der Waals surface area contributed by atoms with Crippen molar-refractivity contribution >= 4 is 5.91 Å². The zero-order valence-electron chi connectivity index (χ0n) is 12.2. The molecule has 3 heteroatoms. The predicted molar refractivity (Wildman–Crippen MR) is 76.7 cm³/mol. The van der Waals surface area contributed by atoms with E-state index < -0.39 is 0 Å². The molecule has 1 aliphatic rings. The zero-order chi connectivity index (χ0) is 14.0. The molecule has 1 amide bonds. The van der Waals surface area contributed by atoms with Crippen LogP contribution in [0.1, 0.15) is 50.7 Å². The summed E-state index contributed by atoms with van der Waals surface area (Å²) in [4.78, 5) is 11.6. The Kier molecular flexibility index (Phi) is 3.83. The number of fused-ring (bicyclic) bond motifs is 1. The highest BCUT2D eigenvalue weighted by Gasteiger charge is 2.25. The Morgan fingerprint density at radius 2 is 2.16 bits per heavy atom. The van der Waals surface area contributed by atoms with Crippen LogP contribution in [-0.2, 0) is 10.2 Å². The standard InChI is InChI=1S/C16H23NO2/c1-16(2,3)12-5-6-14-13(10-12)11(7-8-19-14)9-15(18)17-4/h5-6,10-11H,7-9H2,1-4H3,(H,17,18). The fraction of sp³-hybridized carbons (Fsp3) is 0.562. The second-order valence-corrected chi connectivity index (χ2v) is 6.21. The molecule has 1 aliphatic heterocycles. The largest absolute Gasteiger partial charge is 0.493 e. The van der Waals surface area contributed by atoms with Crippen LogP contribution in [0.25, 0.3) is 0 Å². The van der Waals surface area contributed by atoms with Gasteiger partial charge in [-0.3, -0.25) is 4.79 Å². The second-order valence-electron chi connectivity index (χ2n) is 6.21. The van der Waals surface area contributed by atoms with E-state index in [0.717, 1.165) is 12.2 Å². The monoisotopic (exact) mass is 261 g/mol. The smallest absolute Gasteiger partial charge is 0.220 e. The van der Waals surface area contributed by atoms with Gasteiger partial charge in [0.05, 0.1) is 6.61 Å². The van der Waals surface area contributed by atoms with Crippen molar-refractivity contribution in [2.75, 3.05) is 13.7 Å². The zero-order valence-corrected chi connectivity index (χ0v) is 12.2. The van der Waals surface area contributed by atoms with Gasteiger partial charge in [0.1, 0.15) is 5.75 Å². The number of carbonyl (C=O) groups excluding carboxylic acids is 1. The molecule has 1 heterocycles. The van der Waals surface area contributed by atoms with E-state index in [2.05, 4.69) is 38.2 Å². The average Bonchev–Trinajstić information content (AvgIpc) is 2.37. The summed E-state index contributed by atoms with van der Waals surface area (Å²) in [6.07, 6.45) is 1.45. The van der Waals surface area contributed by atoms with Gasteiger partial charge in [-0.15, -0.1) is 0 Å². The highest BCUT2D eigenvalue weighted by Crippen LogP contribution is 2.38. The summed E-state index contributed by atoms with van der Waals surface area (Å²) >= 11 is 0. The van der Waals surface area contributed by atoms with Crippen LogP contribution in [0, 0.1) is 0 Å². The van der Waals surface area contributed by atoms with Gasteiger partial charge in [-0.1, -0.05) is 32.9 Å². The van der Waals surface area contributed by atoms with Crippen molar-refractivity contribution in [2.45, 2.75) is 44.9 Å². The fourth-order valence-corrected chi connectivity index (χ4v) is 2.47. The third-order valence-corrected chi connectivity index (χ3v) is 3.75. The number of hydrogen-bond donors (Lipinski definition) is 1. The van der Waals surface area contributed by atoms with Crippen molar-refractivity contribution in [1.82, 2.24) is 5.32 Å². The third-order valence-electron chi connectivity index (χ3n) is 3.75. The van der Waals surface area contributed by atoms with Crippen molar-refractivity contribution in [1.29, 1.82) is 0 Å². The lowest BCUT2D eigenvalue weighted by molar-refractivity contribution is -0.121. The first-order chi connectivity index (χ1) is 8.91. The molecule has 104 valence electrons. The predicted octanol–water partition coefficient (Wildman–Crippen LogP) is 2.99. The Labute approximate surface area is 115 Å². The van der Waals surface area contributed by atoms with Crippen LogP contribution in [-0.4, -0.2) is 19.6 Å². The molecule has 3 nitrogen and oxygen atoms in total. The molecular formula is C16H23NO2. The molecule has 1 atom stereocenters. The SMILES string of the molecule is CNC(=O)CC1CCOc2ccc(C(C)(C)C)cc21. The maximum Gasteiger partial charge on any atom is 0.220 e. The molecule has 0 aromatic heterocycles. The van der Waals surface area contributed by atoms with E-state index in [1.165, 1.54) is 11.1 Å². The van der Waals surface area contributed by atoms with Crippen molar-refractivity contribution in [3.63, 3.8) is 0 Å². The molecule has 0 radical (unpaired) electrons. The minimum Gasteiger partial charge on any atom is -0.493 e. The van der Waals surface area contributed by atoms with E-state index in [-0.39, 0.29) is 17.2 Å². The number of benzene rings is 1. The van der Waals surface area contributed by atoms with Gasteiger partial charge in [-0.05, 0) is 34.9 Å². The summed E-state index contributed by atoms with van der Waals surface area (Å²) in [5, 5.41) is 2.71. The van der Waals surface area contributed by atoms with Gasteiger partial charge in [0, 0.05) is 13.5 Å². The highest BCUT2D eigenvalue weighted by molar-refractivity contribution is 5.76. The number of amides is 1. The minimum atomic E-state index is 0.0963. The Morgan fingerprint density at radius 1 is 1.42 bits per heavy atom. The lowest BCUT2D eigenvalue weighted by Gasteiger charge is -2.28. The normalized spacial score (nSPS) is 18.4. The molecule has 1 aromatic carbocycles. The van der Waals surface area contributed by atoms with E-state index in [1.807, 2.05) is 6.07 Å². The van der Waals surface area contributed by atoms with Gasteiger partial charge in [-0.2, -0.15) is 0 Å². The first-order valence-corrected chi connectivity index (χ1v) is 6.89. The van der Waals surface area contributed by atoms with Crippen LogP contribution in [0.4, 0.5) is 0 Å². The molecule has 1 N–H and O–H groups in total. The van der Waals surface area contributed by atoms with Gasteiger partial charge >= 0.3 is 0 Å². The van der Waals surface area contributed by atoms with Gasteiger partial charge in [0.25, 0.3) is 0 Å². The quantitative estimate of drug-likeness (QED) is 0.888. The van der Waals surface area contributed by atoms with Crippen LogP contribution in [0.2, 0.25) is 0 Å². The van der Waals surface area contributed by atoms with Crippen LogP contribution in [0.3, 0.4) is 0 Å². The van der Waals surface area contributed by atoms with Crippen molar-refractivity contribution < 1.29 is 9.53 Å². The first-order valence-electron chi connectivity index (χ1n) is 6.89. The number of hydrogen-bond acceptors (Lipinski definition) is 2.